The SMILES string of the molecule is CCCS(=O)(=O)c1nc2ccc(N3C(=O)c4ccccc4C3=O)cc2s1. The van der Waals surface area contributed by atoms with Crippen LogP contribution in [0.2, 0.25) is 0 Å². The summed E-state index contributed by atoms with van der Waals surface area (Å²) >= 11 is 1.06. The predicted octanol–water partition coefficient (Wildman–Crippen LogP) is 3.28. The van der Waals surface area contributed by atoms with E-state index in [1.54, 1.807) is 49.4 Å². The van der Waals surface area contributed by atoms with E-state index in [4.69, 9.17) is 0 Å². The number of amides is 2. The van der Waals surface area contributed by atoms with Gasteiger partial charge in [0.2, 0.25) is 14.2 Å². The molecule has 0 atom stereocenters. The quantitative estimate of drug-likeness (QED) is 0.643. The molecule has 1 aromatic heterocycles. The highest BCUT2D eigenvalue weighted by atomic mass is 32.2. The zero-order valence-electron chi connectivity index (χ0n) is 13.8. The van der Waals surface area contributed by atoms with Crippen molar-refractivity contribution in [3.8, 4) is 0 Å². The number of carbonyl (C=O) groups excluding carboxylic acids is 2. The molecule has 26 heavy (non-hydrogen) atoms. The van der Waals surface area contributed by atoms with Crippen molar-refractivity contribution in [3.63, 3.8) is 0 Å². The molecule has 2 amide bonds. The number of anilines is 1. The Balaban J connectivity index is 1.78. The fraction of sp³-hybridized carbons (Fsp3) is 0.167. The number of hydrogen-bond donors (Lipinski definition) is 0. The third-order valence-corrected chi connectivity index (χ3v) is 7.54. The third-order valence-electron chi connectivity index (χ3n) is 4.14. The molecule has 8 heteroatoms. The molecule has 0 saturated carbocycles. The minimum Gasteiger partial charge on any atom is -0.268 e. The number of rotatable bonds is 4. The maximum absolute atomic E-state index is 12.6. The van der Waals surface area contributed by atoms with E-state index in [2.05, 4.69) is 4.98 Å². The molecule has 1 aliphatic heterocycles. The summed E-state index contributed by atoms with van der Waals surface area (Å²) in [5.41, 5.74) is 1.68. The second-order valence-corrected chi connectivity index (χ2v) is 9.26. The van der Waals surface area contributed by atoms with Crippen LogP contribution in [0.25, 0.3) is 10.2 Å². The second kappa shape index (κ2) is 6.00. The van der Waals surface area contributed by atoms with Gasteiger partial charge in [0.05, 0.1) is 32.8 Å². The minimum atomic E-state index is -3.41. The van der Waals surface area contributed by atoms with Gasteiger partial charge in [0.25, 0.3) is 11.8 Å². The number of carbonyl (C=O) groups is 2. The van der Waals surface area contributed by atoms with Gasteiger partial charge in [-0.2, -0.15) is 0 Å². The summed E-state index contributed by atoms with van der Waals surface area (Å²) in [6, 6.07) is 11.6. The van der Waals surface area contributed by atoms with E-state index >= 15 is 0 Å². The molecule has 0 radical (unpaired) electrons. The highest BCUT2D eigenvalue weighted by Gasteiger charge is 2.36. The van der Waals surface area contributed by atoms with Crippen molar-refractivity contribution in [2.45, 2.75) is 17.7 Å². The second-order valence-electron chi connectivity index (χ2n) is 5.94. The summed E-state index contributed by atoms with van der Waals surface area (Å²) in [4.78, 5) is 30.5. The zero-order valence-corrected chi connectivity index (χ0v) is 15.4. The smallest absolute Gasteiger partial charge is 0.266 e. The van der Waals surface area contributed by atoms with Crippen LogP contribution in [0.1, 0.15) is 34.1 Å². The number of fused-ring (bicyclic) bond motifs is 2. The van der Waals surface area contributed by atoms with E-state index in [0.717, 1.165) is 16.2 Å². The van der Waals surface area contributed by atoms with Gasteiger partial charge in [-0.1, -0.05) is 19.1 Å². The number of imide groups is 1. The first-order valence-corrected chi connectivity index (χ1v) is 10.5. The number of benzene rings is 2. The van der Waals surface area contributed by atoms with E-state index in [-0.39, 0.29) is 21.9 Å². The Bertz CT molecular complexity index is 1130. The lowest BCUT2D eigenvalue weighted by Crippen LogP contribution is -2.29. The lowest BCUT2D eigenvalue weighted by atomic mass is 10.1. The van der Waals surface area contributed by atoms with Crippen LogP contribution in [0.15, 0.2) is 46.8 Å². The van der Waals surface area contributed by atoms with Crippen LogP contribution in [-0.4, -0.2) is 31.0 Å². The van der Waals surface area contributed by atoms with Crippen LogP contribution < -0.4 is 4.90 Å². The van der Waals surface area contributed by atoms with Crippen molar-refractivity contribution < 1.29 is 18.0 Å². The Morgan fingerprint density at radius 3 is 2.31 bits per heavy atom. The maximum Gasteiger partial charge on any atom is 0.266 e. The normalized spacial score (nSPS) is 14.3. The Kier molecular flexibility index (Phi) is 3.89. The third kappa shape index (κ3) is 2.53. The number of aromatic nitrogens is 1. The first kappa shape index (κ1) is 16.9. The molecule has 2 heterocycles. The Morgan fingerprint density at radius 1 is 1.04 bits per heavy atom. The van der Waals surface area contributed by atoms with E-state index in [0.29, 0.717) is 33.5 Å². The van der Waals surface area contributed by atoms with Gasteiger partial charge >= 0.3 is 0 Å². The lowest BCUT2D eigenvalue weighted by molar-refractivity contribution is 0.0926. The molecule has 0 spiro atoms. The van der Waals surface area contributed by atoms with Gasteiger partial charge in [-0.05, 0) is 36.8 Å². The monoisotopic (exact) mass is 386 g/mol. The van der Waals surface area contributed by atoms with Crippen LogP contribution in [0.3, 0.4) is 0 Å². The van der Waals surface area contributed by atoms with Crippen molar-refractivity contribution in [1.82, 2.24) is 4.98 Å². The maximum atomic E-state index is 12.6. The molecule has 0 saturated heterocycles. The van der Waals surface area contributed by atoms with Gasteiger partial charge < -0.3 is 0 Å². The minimum absolute atomic E-state index is 0.0398. The molecule has 6 nitrogen and oxygen atoms in total. The Labute approximate surface area is 154 Å². The molecule has 0 fully saturated rings. The lowest BCUT2D eigenvalue weighted by Gasteiger charge is -2.13. The number of thiazole rings is 1. The molecule has 2 aromatic carbocycles. The standard InChI is InChI=1S/C18H14N2O4S2/c1-2-9-26(23,24)18-19-14-8-7-11(10-15(14)25-18)20-16(21)12-5-3-4-6-13(12)17(20)22/h3-8,10H,2,9H2,1H3. The van der Waals surface area contributed by atoms with Gasteiger partial charge in [-0.3, -0.25) is 9.59 Å². The van der Waals surface area contributed by atoms with Crippen LogP contribution in [0.5, 0.6) is 0 Å². The van der Waals surface area contributed by atoms with Crippen LogP contribution in [-0.2, 0) is 9.84 Å². The van der Waals surface area contributed by atoms with Crippen molar-refractivity contribution >= 4 is 48.9 Å². The van der Waals surface area contributed by atoms with E-state index in [1.807, 2.05) is 0 Å². The molecular formula is C18H14N2O4S2. The molecule has 0 N–H and O–H groups in total. The first-order chi connectivity index (χ1) is 12.4. The summed E-state index contributed by atoms with van der Waals surface area (Å²) in [6.07, 6.45) is 0.512. The van der Waals surface area contributed by atoms with Gasteiger partial charge in [0.15, 0.2) is 0 Å². The topological polar surface area (TPSA) is 84.4 Å². The molecule has 4 rings (SSSR count). The van der Waals surface area contributed by atoms with E-state index in [9.17, 15) is 18.0 Å². The van der Waals surface area contributed by atoms with Crippen molar-refractivity contribution in [2.24, 2.45) is 0 Å². The average molecular weight is 386 g/mol. The predicted molar refractivity (Wildman–Crippen MR) is 99.5 cm³/mol. The fourth-order valence-corrected chi connectivity index (χ4v) is 5.65. The molecule has 132 valence electrons. The van der Waals surface area contributed by atoms with Crippen molar-refractivity contribution in [1.29, 1.82) is 0 Å². The zero-order chi connectivity index (χ0) is 18.5. The fourth-order valence-electron chi connectivity index (χ4n) is 2.94. The first-order valence-electron chi connectivity index (χ1n) is 8.03. The molecular weight excluding hydrogens is 372 g/mol. The van der Waals surface area contributed by atoms with Gasteiger partial charge in [0.1, 0.15) is 0 Å². The highest BCUT2D eigenvalue weighted by Crippen LogP contribution is 2.33. The summed E-state index contributed by atoms with van der Waals surface area (Å²) < 4.78 is 25.1. The van der Waals surface area contributed by atoms with Crippen LogP contribution in [0.4, 0.5) is 5.69 Å². The summed E-state index contributed by atoms with van der Waals surface area (Å²) in [5, 5.41) is 0. The molecule has 1 aliphatic rings. The Morgan fingerprint density at radius 2 is 1.69 bits per heavy atom. The molecule has 0 bridgehead atoms. The van der Waals surface area contributed by atoms with E-state index in [1.165, 1.54) is 0 Å². The van der Waals surface area contributed by atoms with E-state index < -0.39 is 9.84 Å². The van der Waals surface area contributed by atoms with Crippen molar-refractivity contribution in [2.75, 3.05) is 10.7 Å². The number of nitrogens with zero attached hydrogens (tertiary/aromatic N) is 2. The summed E-state index contributed by atoms with van der Waals surface area (Å²) in [5.74, 6) is -0.723. The highest BCUT2D eigenvalue weighted by molar-refractivity contribution is 7.93. The van der Waals surface area contributed by atoms with Gasteiger partial charge in [-0.15, -0.1) is 11.3 Å². The Hall–Kier alpha value is -2.58. The average Bonchev–Trinajstić information content (AvgIpc) is 3.15. The number of sulfone groups is 1. The van der Waals surface area contributed by atoms with Crippen LogP contribution >= 0.6 is 11.3 Å². The molecule has 0 aliphatic carbocycles. The molecule has 0 unspecified atom stereocenters. The summed E-state index contributed by atoms with van der Waals surface area (Å²) in [7, 11) is -3.41. The van der Waals surface area contributed by atoms with Crippen molar-refractivity contribution in [3.05, 3.63) is 53.6 Å². The van der Waals surface area contributed by atoms with Crippen LogP contribution in [0, 0.1) is 0 Å². The van der Waals surface area contributed by atoms with Gasteiger partial charge in [0, 0.05) is 0 Å². The summed E-state index contributed by atoms with van der Waals surface area (Å²) in [6.45, 7) is 1.80. The number of hydrogen-bond acceptors (Lipinski definition) is 6. The largest absolute Gasteiger partial charge is 0.268 e. The molecule has 3 aromatic rings. The van der Waals surface area contributed by atoms with Gasteiger partial charge in [-0.25, -0.2) is 18.3 Å².